The quantitative estimate of drug-likeness (QED) is 0.258. The molecule has 0 bridgehead atoms. The zero-order chi connectivity index (χ0) is 24.5. The third kappa shape index (κ3) is 3.91. The van der Waals surface area contributed by atoms with Gasteiger partial charge in [-0.3, -0.25) is 0 Å². The molecule has 0 saturated carbocycles. The van der Waals surface area contributed by atoms with Crippen LogP contribution in [0.1, 0.15) is 0 Å². The summed E-state index contributed by atoms with van der Waals surface area (Å²) in [7, 11) is 2.08. The van der Waals surface area contributed by atoms with Crippen LogP contribution < -0.4 is 15.5 Å². The van der Waals surface area contributed by atoms with Gasteiger partial charge in [-0.1, -0.05) is 72.8 Å². The summed E-state index contributed by atoms with van der Waals surface area (Å²) in [5, 5.41) is 4.88. The van der Waals surface area contributed by atoms with E-state index in [9.17, 15) is 0 Å². The Kier molecular flexibility index (Phi) is 5.51. The van der Waals surface area contributed by atoms with Gasteiger partial charge in [0.2, 0.25) is 0 Å². The van der Waals surface area contributed by atoms with Gasteiger partial charge in [0.15, 0.2) is 0 Å². The Morgan fingerprint density at radius 2 is 0.861 bits per heavy atom. The Bertz CT molecular complexity index is 1560. The van der Waals surface area contributed by atoms with Crippen LogP contribution >= 0.6 is 0 Å². The van der Waals surface area contributed by atoms with Crippen molar-refractivity contribution in [2.24, 2.45) is 0 Å². The SMILES string of the molecule is CN(c1ccc(N)cc1)c1ccc(N(c2cccc3ccccc23)c2cccc3ccccc23)cc1. The molecule has 3 nitrogen and oxygen atoms in total. The first-order chi connectivity index (χ1) is 17.7. The first-order valence-corrected chi connectivity index (χ1v) is 12.1. The van der Waals surface area contributed by atoms with Crippen LogP contribution in [0.4, 0.5) is 34.1 Å². The maximum atomic E-state index is 5.88. The number of hydrogen-bond donors (Lipinski definition) is 1. The maximum absolute atomic E-state index is 5.88. The van der Waals surface area contributed by atoms with Crippen LogP contribution in [0.15, 0.2) is 133 Å². The average molecular weight is 466 g/mol. The number of rotatable bonds is 5. The molecule has 174 valence electrons. The molecule has 0 aliphatic rings. The zero-order valence-corrected chi connectivity index (χ0v) is 20.2. The van der Waals surface area contributed by atoms with Crippen LogP contribution in [0.5, 0.6) is 0 Å². The minimum Gasteiger partial charge on any atom is -0.399 e. The van der Waals surface area contributed by atoms with Gasteiger partial charge in [-0.2, -0.15) is 0 Å². The Morgan fingerprint density at radius 1 is 0.444 bits per heavy atom. The van der Waals surface area contributed by atoms with Gasteiger partial charge < -0.3 is 15.5 Å². The number of hydrogen-bond acceptors (Lipinski definition) is 3. The van der Waals surface area contributed by atoms with E-state index in [0.717, 1.165) is 34.1 Å². The molecule has 0 aliphatic heterocycles. The van der Waals surface area contributed by atoms with Crippen molar-refractivity contribution >= 4 is 55.7 Å². The normalized spacial score (nSPS) is 11.0. The molecule has 0 amide bonds. The molecule has 0 radical (unpaired) electrons. The summed E-state index contributed by atoms with van der Waals surface area (Å²) in [5.41, 5.74) is 12.3. The molecule has 36 heavy (non-hydrogen) atoms. The second-order valence-corrected chi connectivity index (χ2v) is 9.00. The summed E-state index contributed by atoms with van der Waals surface area (Å²) in [4.78, 5) is 4.54. The highest BCUT2D eigenvalue weighted by atomic mass is 15.1. The van der Waals surface area contributed by atoms with E-state index < -0.39 is 0 Å². The second kappa shape index (κ2) is 9.12. The predicted octanol–water partition coefficient (Wildman–Crippen LogP) is 8.81. The van der Waals surface area contributed by atoms with Crippen molar-refractivity contribution in [3.8, 4) is 0 Å². The fourth-order valence-corrected chi connectivity index (χ4v) is 4.89. The zero-order valence-electron chi connectivity index (χ0n) is 20.2. The molecule has 0 aromatic heterocycles. The molecule has 6 aromatic carbocycles. The lowest BCUT2D eigenvalue weighted by atomic mass is 10.0. The number of benzene rings is 6. The minimum atomic E-state index is 0.767. The third-order valence-electron chi connectivity index (χ3n) is 6.79. The van der Waals surface area contributed by atoms with Crippen LogP contribution in [0, 0.1) is 0 Å². The Hall–Kier alpha value is -4.76. The number of nitrogens with zero attached hydrogens (tertiary/aromatic N) is 2. The molecule has 2 N–H and O–H groups in total. The molecule has 0 saturated heterocycles. The third-order valence-corrected chi connectivity index (χ3v) is 6.79. The van der Waals surface area contributed by atoms with E-state index in [1.807, 2.05) is 24.3 Å². The van der Waals surface area contributed by atoms with E-state index in [2.05, 4.69) is 126 Å². The predicted molar refractivity (Wildman–Crippen MR) is 155 cm³/mol. The van der Waals surface area contributed by atoms with E-state index in [1.54, 1.807) is 0 Å². The number of nitrogens with two attached hydrogens (primary N) is 1. The molecule has 0 aliphatic carbocycles. The van der Waals surface area contributed by atoms with Crippen molar-refractivity contribution in [1.29, 1.82) is 0 Å². The van der Waals surface area contributed by atoms with Gasteiger partial charge in [0.25, 0.3) is 0 Å². The lowest BCUT2D eigenvalue weighted by Gasteiger charge is -2.29. The number of anilines is 6. The summed E-state index contributed by atoms with van der Waals surface area (Å²) in [6.07, 6.45) is 0. The minimum absolute atomic E-state index is 0.767. The fraction of sp³-hybridized carbons (Fsp3) is 0.0303. The van der Waals surface area contributed by atoms with Gasteiger partial charge in [-0.05, 0) is 71.4 Å². The summed E-state index contributed by atoms with van der Waals surface area (Å²) >= 11 is 0. The fourth-order valence-electron chi connectivity index (χ4n) is 4.89. The van der Waals surface area contributed by atoms with Gasteiger partial charge in [-0.25, -0.2) is 0 Å². The molecule has 0 heterocycles. The summed E-state index contributed by atoms with van der Waals surface area (Å²) < 4.78 is 0. The Balaban J connectivity index is 1.51. The topological polar surface area (TPSA) is 32.5 Å². The molecule has 6 rings (SSSR count). The van der Waals surface area contributed by atoms with Crippen LogP contribution in [0.25, 0.3) is 21.5 Å². The Labute approximate surface area is 211 Å². The molecule has 0 fully saturated rings. The van der Waals surface area contributed by atoms with E-state index in [0.29, 0.717) is 0 Å². The molecule has 3 heteroatoms. The van der Waals surface area contributed by atoms with E-state index in [4.69, 9.17) is 5.73 Å². The van der Waals surface area contributed by atoms with Gasteiger partial charge in [0.05, 0.1) is 11.4 Å². The molecular weight excluding hydrogens is 438 g/mol. The average Bonchev–Trinajstić information content (AvgIpc) is 2.94. The first kappa shape index (κ1) is 21.8. The van der Waals surface area contributed by atoms with Crippen LogP contribution in [-0.4, -0.2) is 7.05 Å². The highest BCUT2D eigenvalue weighted by Crippen LogP contribution is 2.42. The standard InChI is InChI=1S/C33H27N3/c1-35(27-18-16-26(34)17-19-27)28-20-22-29(23-21-28)36(32-14-6-10-24-8-2-4-12-30(24)32)33-15-7-11-25-9-3-5-13-31(25)33/h2-23H,34H2,1H3. The van der Waals surface area contributed by atoms with Crippen molar-refractivity contribution in [1.82, 2.24) is 0 Å². The van der Waals surface area contributed by atoms with Gasteiger partial charge >= 0.3 is 0 Å². The van der Waals surface area contributed by atoms with Gasteiger partial charge in [0, 0.05) is 40.6 Å². The molecular formula is C33H27N3. The van der Waals surface area contributed by atoms with Crippen LogP contribution in [0.3, 0.4) is 0 Å². The first-order valence-electron chi connectivity index (χ1n) is 12.1. The second-order valence-electron chi connectivity index (χ2n) is 9.00. The van der Waals surface area contributed by atoms with Crippen molar-refractivity contribution in [3.05, 3.63) is 133 Å². The van der Waals surface area contributed by atoms with Crippen LogP contribution in [0.2, 0.25) is 0 Å². The number of fused-ring (bicyclic) bond motifs is 2. The molecule has 0 unspecified atom stereocenters. The molecule has 0 spiro atoms. The van der Waals surface area contributed by atoms with Gasteiger partial charge in [-0.15, -0.1) is 0 Å². The van der Waals surface area contributed by atoms with E-state index >= 15 is 0 Å². The number of nitrogen functional groups attached to an aromatic ring is 1. The summed E-state index contributed by atoms with van der Waals surface area (Å²) in [5.74, 6) is 0. The lowest BCUT2D eigenvalue weighted by molar-refractivity contribution is 1.20. The summed E-state index contributed by atoms with van der Waals surface area (Å²) in [6, 6.07) is 46.9. The van der Waals surface area contributed by atoms with Crippen molar-refractivity contribution in [2.75, 3.05) is 22.6 Å². The summed E-state index contributed by atoms with van der Waals surface area (Å²) in [6.45, 7) is 0. The van der Waals surface area contributed by atoms with E-state index in [1.165, 1.54) is 21.5 Å². The molecule has 0 atom stereocenters. The maximum Gasteiger partial charge on any atom is 0.0540 e. The van der Waals surface area contributed by atoms with E-state index in [-0.39, 0.29) is 0 Å². The van der Waals surface area contributed by atoms with Crippen molar-refractivity contribution in [3.63, 3.8) is 0 Å². The molecule has 6 aromatic rings. The smallest absolute Gasteiger partial charge is 0.0540 e. The Morgan fingerprint density at radius 3 is 1.39 bits per heavy atom. The van der Waals surface area contributed by atoms with Crippen LogP contribution in [-0.2, 0) is 0 Å². The lowest BCUT2D eigenvalue weighted by Crippen LogP contribution is -2.12. The van der Waals surface area contributed by atoms with Crippen molar-refractivity contribution in [2.45, 2.75) is 0 Å². The highest BCUT2D eigenvalue weighted by molar-refractivity contribution is 6.04. The van der Waals surface area contributed by atoms with Crippen molar-refractivity contribution < 1.29 is 0 Å². The monoisotopic (exact) mass is 465 g/mol. The van der Waals surface area contributed by atoms with Gasteiger partial charge in [0.1, 0.15) is 0 Å². The highest BCUT2D eigenvalue weighted by Gasteiger charge is 2.17. The largest absolute Gasteiger partial charge is 0.399 e.